The zero-order chi connectivity index (χ0) is 6.20. The van der Waals surface area contributed by atoms with Crippen molar-refractivity contribution in [2.24, 2.45) is 0 Å². The van der Waals surface area contributed by atoms with Gasteiger partial charge in [0.2, 0.25) is 0 Å². The van der Waals surface area contributed by atoms with Crippen LogP contribution in [0.5, 0.6) is 0 Å². The Morgan fingerprint density at radius 3 is 2.62 bits per heavy atom. The lowest BCUT2D eigenvalue weighted by Gasteiger charge is -2.13. The molecule has 0 aromatic heterocycles. The molecule has 0 fully saturated rings. The SMILES string of the molecule is CC1(Br)CNC=C1Br. The highest BCUT2D eigenvalue weighted by Crippen LogP contribution is 2.33. The van der Waals surface area contributed by atoms with Crippen molar-refractivity contribution in [1.82, 2.24) is 5.32 Å². The second kappa shape index (κ2) is 2.03. The zero-order valence-corrected chi connectivity index (χ0v) is 7.71. The van der Waals surface area contributed by atoms with Crippen LogP contribution in [-0.4, -0.2) is 10.9 Å². The molecule has 0 saturated heterocycles. The smallest absolute Gasteiger partial charge is 0.0729 e. The molecule has 0 bridgehead atoms. The van der Waals surface area contributed by atoms with Gasteiger partial charge in [0.25, 0.3) is 0 Å². The summed E-state index contributed by atoms with van der Waals surface area (Å²) in [7, 11) is 0. The van der Waals surface area contributed by atoms with E-state index in [4.69, 9.17) is 0 Å². The van der Waals surface area contributed by atoms with Crippen molar-refractivity contribution in [3.63, 3.8) is 0 Å². The minimum Gasteiger partial charge on any atom is -0.388 e. The largest absolute Gasteiger partial charge is 0.388 e. The van der Waals surface area contributed by atoms with Crippen LogP contribution < -0.4 is 5.32 Å². The topological polar surface area (TPSA) is 12.0 Å². The third-order valence-corrected chi connectivity index (χ3v) is 3.50. The van der Waals surface area contributed by atoms with Crippen molar-refractivity contribution >= 4 is 31.9 Å². The predicted octanol–water partition coefficient (Wildman–Crippen LogP) is 1.98. The Morgan fingerprint density at radius 1 is 1.88 bits per heavy atom. The van der Waals surface area contributed by atoms with Crippen molar-refractivity contribution in [1.29, 1.82) is 0 Å². The quantitative estimate of drug-likeness (QED) is 0.639. The first-order valence-electron chi connectivity index (χ1n) is 2.41. The van der Waals surface area contributed by atoms with Gasteiger partial charge in [0.15, 0.2) is 0 Å². The van der Waals surface area contributed by atoms with Crippen LogP contribution in [0.25, 0.3) is 0 Å². The van der Waals surface area contributed by atoms with Crippen molar-refractivity contribution in [3.05, 3.63) is 10.7 Å². The molecule has 1 aliphatic rings. The molecule has 0 saturated carbocycles. The Morgan fingerprint density at radius 2 is 2.50 bits per heavy atom. The van der Waals surface area contributed by atoms with Gasteiger partial charge in [-0.25, -0.2) is 0 Å². The summed E-state index contributed by atoms with van der Waals surface area (Å²) in [5, 5.41) is 3.11. The summed E-state index contributed by atoms with van der Waals surface area (Å²) in [5.41, 5.74) is 0. The first-order chi connectivity index (χ1) is 3.63. The maximum Gasteiger partial charge on any atom is 0.0729 e. The Kier molecular flexibility index (Phi) is 1.68. The normalized spacial score (nSPS) is 36.6. The third kappa shape index (κ3) is 1.08. The summed E-state index contributed by atoms with van der Waals surface area (Å²) in [4.78, 5) is 0. The van der Waals surface area contributed by atoms with E-state index in [9.17, 15) is 0 Å². The van der Waals surface area contributed by atoms with E-state index < -0.39 is 0 Å². The number of nitrogens with one attached hydrogen (secondary N) is 1. The van der Waals surface area contributed by atoms with Crippen LogP contribution in [0, 0.1) is 0 Å². The summed E-state index contributed by atoms with van der Waals surface area (Å²) in [6.45, 7) is 3.08. The third-order valence-electron chi connectivity index (χ3n) is 1.16. The van der Waals surface area contributed by atoms with Crippen LogP contribution in [0.4, 0.5) is 0 Å². The molecule has 1 rings (SSSR count). The molecule has 1 aliphatic heterocycles. The minimum atomic E-state index is 0.132. The Bertz CT molecular complexity index is 128. The molecule has 0 spiro atoms. The van der Waals surface area contributed by atoms with Gasteiger partial charge in [-0.1, -0.05) is 31.9 Å². The molecule has 0 amide bonds. The van der Waals surface area contributed by atoms with Gasteiger partial charge in [0.1, 0.15) is 0 Å². The standard InChI is InChI=1S/C5H7Br2N/c1-5(7)3-8-2-4(5)6/h2,8H,3H2,1H3. The Hall–Kier alpha value is 0.500. The van der Waals surface area contributed by atoms with Gasteiger partial charge >= 0.3 is 0 Å². The summed E-state index contributed by atoms with van der Waals surface area (Å²) in [6.07, 6.45) is 1.97. The molecule has 0 radical (unpaired) electrons. The molecule has 8 heavy (non-hydrogen) atoms. The fourth-order valence-electron chi connectivity index (χ4n) is 0.567. The van der Waals surface area contributed by atoms with Crippen molar-refractivity contribution in [3.8, 4) is 0 Å². The van der Waals surface area contributed by atoms with Gasteiger partial charge in [-0.15, -0.1) is 0 Å². The van der Waals surface area contributed by atoms with Gasteiger partial charge in [-0.2, -0.15) is 0 Å². The molecular weight excluding hydrogens is 234 g/mol. The Labute approximate surface area is 65.8 Å². The van der Waals surface area contributed by atoms with E-state index >= 15 is 0 Å². The van der Waals surface area contributed by atoms with Gasteiger partial charge < -0.3 is 5.32 Å². The fourth-order valence-corrected chi connectivity index (χ4v) is 1.15. The zero-order valence-electron chi connectivity index (χ0n) is 4.54. The van der Waals surface area contributed by atoms with Crippen LogP contribution >= 0.6 is 31.9 Å². The Balaban J connectivity index is 2.73. The van der Waals surface area contributed by atoms with Gasteiger partial charge in [-0.05, 0) is 6.92 Å². The van der Waals surface area contributed by atoms with Crippen LogP contribution in [0.3, 0.4) is 0 Å². The summed E-state index contributed by atoms with van der Waals surface area (Å²) >= 11 is 6.94. The first-order valence-corrected chi connectivity index (χ1v) is 4.00. The van der Waals surface area contributed by atoms with Crippen molar-refractivity contribution < 1.29 is 0 Å². The molecule has 0 aliphatic carbocycles. The highest BCUT2D eigenvalue weighted by atomic mass is 79.9. The molecule has 46 valence electrons. The van der Waals surface area contributed by atoms with Crippen LogP contribution in [0.2, 0.25) is 0 Å². The van der Waals surface area contributed by atoms with E-state index in [1.165, 1.54) is 4.48 Å². The number of alkyl halides is 1. The maximum absolute atomic E-state index is 3.53. The fraction of sp³-hybridized carbons (Fsp3) is 0.600. The average molecular weight is 241 g/mol. The van der Waals surface area contributed by atoms with E-state index in [0.29, 0.717) is 0 Å². The second-order valence-corrected chi connectivity index (χ2v) is 4.68. The molecule has 1 unspecified atom stereocenters. The monoisotopic (exact) mass is 239 g/mol. The molecule has 1 nitrogen and oxygen atoms in total. The van der Waals surface area contributed by atoms with Gasteiger partial charge in [0, 0.05) is 17.2 Å². The summed E-state index contributed by atoms with van der Waals surface area (Å²) in [6, 6.07) is 0. The average Bonchev–Trinajstić information content (AvgIpc) is 1.86. The number of halogens is 2. The van der Waals surface area contributed by atoms with E-state index in [2.05, 4.69) is 44.1 Å². The van der Waals surface area contributed by atoms with E-state index in [1.54, 1.807) is 0 Å². The van der Waals surface area contributed by atoms with E-state index in [1.807, 2.05) is 6.20 Å². The predicted molar refractivity (Wildman–Crippen MR) is 42.3 cm³/mol. The van der Waals surface area contributed by atoms with Crippen LogP contribution in [0.15, 0.2) is 10.7 Å². The van der Waals surface area contributed by atoms with E-state index in [-0.39, 0.29) is 4.32 Å². The summed E-state index contributed by atoms with van der Waals surface area (Å²) < 4.78 is 1.32. The lowest BCUT2D eigenvalue weighted by molar-refractivity contribution is 0.782. The van der Waals surface area contributed by atoms with Gasteiger partial charge in [-0.3, -0.25) is 0 Å². The second-order valence-electron chi connectivity index (χ2n) is 2.07. The molecular formula is C5H7Br2N. The highest BCUT2D eigenvalue weighted by Gasteiger charge is 2.27. The molecule has 0 aromatic rings. The molecule has 0 aromatic carbocycles. The molecule has 3 heteroatoms. The lowest BCUT2D eigenvalue weighted by Crippen LogP contribution is -2.21. The van der Waals surface area contributed by atoms with Crippen molar-refractivity contribution in [2.75, 3.05) is 6.54 Å². The number of hydrogen-bond acceptors (Lipinski definition) is 1. The lowest BCUT2D eigenvalue weighted by atomic mass is 10.2. The maximum atomic E-state index is 3.53. The van der Waals surface area contributed by atoms with Crippen molar-refractivity contribution in [2.45, 2.75) is 11.2 Å². The van der Waals surface area contributed by atoms with Gasteiger partial charge in [0.05, 0.1) is 4.32 Å². The first kappa shape index (κ1) is 6.62. The molecule has 1 N–H and O–H groups in total. The van der Waals surface area contributed by atoms with Crippen LogP contribution in [0.1, 0.15) is 6.92 Å². The molecule has 1 atom stereocenters. The minimum absolute atomic E-state index is 0.132. The highest BCUT2D eigenvalue weighted by molar-refractivity contribution is 9.14. The number of rotatable bonds is 0. The van der Waals surface area contributed by atoms with E-state index in [0.717, 1.165) is 6.54 Å². The van der Waals surface area contributed by atoms with Crippen LogP contribution in [-0.2, 0) is 0 Å². The number of hydrogen-bond donors (Lipinski definition) is 1. The summed E-state index contributed by atoms with van der Waals surface area (Å²) in [5.74, 6) is 0. The molecule has 1 heterocycles.